The van der Waals surface area contributed by atoms with Gasteiger partial charge in [0.1, 0.15) is 0 Å². The fraction of sp³-hybridized carbons (Fsp3) is 0.900. The lowest BCUT2D eigenvalue weighted by molar-refractivity contribution is -0.131. The molecule has 1 fully saturated rings. The van der Waals surface area contributed by atoms with E-state index in [0.717, 1.165) is 25.8 Å². The minimum Gasteiger partial charge on any atom is -0.396 e. The third kappa shape index (κ3) is 2.69. The Kier molecular flexibility index (Phi) is 4.35. The molecule has 1 saturated heterocycles. The highest BCUT2D eigenvalue weighted by atomic mass is 16.3. The summed E-state index contributed by atoms with van der Waals surface area (Å²) in [7, 11) is 0. The smallest absolute Gasteiger partial charge is 0.239 e. The van der Waals surface area contributed by atoms with E-state index in [1.165, 1.54) is 0 Å². The highest BCUT2D eigenvalue weighted by Crippen LogP contribution is 2.16. The minimum absolute atomic E-state index is 0.0443. The summed E-state index contributed by atoms with van der Waals surface area (Å²) in [4.78, 5) is 13.5. The molecule has 1 aliphatic rings. The van der Waals surface area contributed by atoms with E-state index in [4.69, 9.17) is 10.8 Å². The van der Waals surface area contributed by atoms with Crippen LogP contribution in [0.15, 0.2) is 0 Å². The lowest BCUT2D eigenvalue weighted by atomic mass is 10.1. The summed E-state index contributed by atoms with van der Waals surface area (Å²) in [5.41, 5.74) is 5.74. The van der Waals surface area contributed by atoms with Crippen LogP contribution in [-0.2, 0) is 4.79 Å². The Balaban J connectivity index is 2.38. The Bertz CT molecular complexity index is 197. The molecule has 0 radical (unpaired) electrons. The maximum atomic E-state index is 11.7. The zero-order chi connectivity index (χ0) is 10.6. The number of hydrogen-bond acceptors (Lipinski definition) is 3. The second kappa shape index (κ2) is 5.32. The van der Waals surface area contributed by atoms with E-state index in [2.05, 4.69) is 0 Å². The molecule has 1 amide bonds. The number of aliphatic hydroxyl groups excluding tert-OH is 1. The van der Waals surface area contributed by atoms with Crippen molar-refractivity contribution in [3.63, 3.8) is 0 Å². The summed E-state index contributed by atoms with van der Waals surface area (Å²) < 4.78 is 0. The van der Waals surface area contributed by atoms with Crippen LogP contribution in [0.4, 0.5) is 0 Å². The van der Waals surface area contributed by atoms with Gasteiger partial charge in [-0.15, -0.1) is 0 Å². The lowest BCUT2D eigenvalue weighted by Gasteiger charge is -2.20. The van der Waals surface area contributed by atoms with Gasteiger partial charge >= 0.3 is 0 Å². The van der Waals surface area contributed by atoms with Crippen LogP contribution in [0.5, 0.6) is 0 Å². The number of rotatable bonds is 4. The van der Waals surface area contributed by atoms with Gasteiger partial charge in [-0.1, -0.05) is 13.3 Å². The highest BCUT2D eigenvalue weighted by molar-refractivity contribution is 5.81. The minimum atomic E-state index is -0.350. The van der Waals surface area contributed by atoms with Gasteiger partial charge in [-0.2, -0.15) is 0 Å². The average molecular weight is 200 g/mol. The molecular weight excluding hydrogens is 180 g/mol. The van der Waals surface area contributed by atoms with Gasteiger partial charge in [-0.05, 0) is 12.8 Å². The Morgan fingerprint density at radius 2 is 2.43 bits per heavy atom. The molecule has 1 rings (SSSR count). The fourth-order valence-corrected chi connectivity index (χ4v) is 1.85. The zero-order valence-corrected chi connectivity index (χ0v) is 8.78. The normalized spacial score (nSPS) is 23.9. The van der Waals surface area contributed by atoms with Crippen LogP contribution in [0, 0.1) is 5.92 Å². The first-order chi connectivity index (χ1) is 6.69. The van der Waals surface area contributed by atoms with E-state index < -0.39 is 0 Å². The molecule has 0 saturated carbocycles. The summed E-state index contributed by atoms with van der Waals surface area (Å²) in [5.74, 6) is 0.301. The molecular formula is C10H20N2O2. The van der Waals surface area contributed by atoms with E-state index in [0.29, 0.717) is 6.54 Å². The first-order valence-electron chi connectivity index (χ1n) is 5.34. The number of likely N-dealkylation sites (tertiary alicyclic amines) is 1. The van der Waals surface area contributed by atoms with Gasteiger partial charge in [0, 0.05) is 25.6 Å². The highest BCUT2D eigenvalue weighted by Gasteiger charge is 2.28. The van der Waals surface area contributed by atoms with Crippen LogP contribution in [0.25, 0.3) is 0 Å². The predicted octanol–water partition coefficient (Wildman–Crippen LogP) is -0.0454. The van der Waals surface area contributed by atoms with Crippen molar-refractivity contribution in [1.82, 2.24) is 4.90 Å². The van der Waals surface area contributed by atoms with Gasteiger partial charge in [0.25, 0.3) is 0 Å². The van der Waals surface area contributed by atoms with Crippen molar-refractivity contribution < 1.29 is 9.90 Å². The van der Waals surface area contributed by atoms with Crippen molar-refractivity contribution in [2.24, 2.45) is 11.7 Å². The SMILES string of the molecule is CCC[C@@H](N)C(=O)N1CCC(CO)C1. The summed E-state index contributed by atoms with van der Waals surface area (Å²) >= 11 is 0. The van der Waals surface area contributed by atoms with Crippen molar-refractivity contribution in [2.45, 2.75) is 32.2 Å². The van der Waals surface area contributed by atoms with Crippen LogP contribution in [0.2, 0.25) is 0 Å². The molecule has 2 atom stereocenters. The summed E-state index contributed by atoms with van der Waals surface area (Å²) in [6.07, 6.45) is 2.59. The number of carbonyl (C=O) groups excluding carboxylic acids is 1. The largest absolute Gasteiger partial charge is 0.396 e. The third-order valence-corrected chi connectivity index (χ3v) is 2.77. The Morgan fingerprint density at radius 3 is 2.93 bits per heavy atom. The lowest BCUT2D eigenvalue weighted by Crippen LogP contribution is -2.42. The van der Waals surface area contributed by atoms with Gasteiger partial charge in [0.05, 0.1) is 6.04 Å². The molecule has 0 aromatic carbocycles. The molecule has 1 heterocycles. The number of hydrogen-bond donors (Lipinski definition) is 2. The quantitative estimate of drug-likeness (QED) is 0.669. The Hall–Kier alpha value is -0.610. The van der Waals surface area contributed by atoms with E-state index in [1.54, 1.807) is 4.90 Å². The average Bonchev–Trinajstić information content (AvgIpc) is 2.65. The maximum Gasteiger partial charge on any atom is 0.239 e. The Morgan fingerprint density at radius 1 is 1.71 bits per heavy atom. The number of aliphatic hydroxyl groups is 1. The molecule has 4 nitrogen and oxygen atoms in total. The molecule has 0 aliphatic carbocycles. The second-order valence-electron chi connectivity index (χ2n) is 4.02. The summed E-state index contributed by atoms with van der Waals surface area (Å²) in [6.45, 7) is 3.62. The summed E-state index contributed by atoms with van der Waals surface area (Å²) in [6, 6.07) is -0.350. The molecule has 1 aliphatic heterocycles. The van der Waals surface area contributed by atoms with Crippen LogP contribution < -0.4 is 5.73 Å². The standard InChI is InChI=1S/C10H20N2O2/c1-2-3-9(11)10(14)12-5-4-8(6-12)7-13/h8-9,13H,2-7,11H2,1H3/t8?,9-/m1/s1. The van der Waals surface area contributed by atoms with Gasteiger partial charge in [-0.3, -0.25) is 4.79 Å². The van der Waals surface area contributed by atoms with E-state index in [1.807, 2.05) is 6.92 Å². The molecule has 0 aromatic rings. The number of nitrogens with two attached hydrogens (primary N) is 1. The van der Waals surface area contributed by atoms with Crippen molar-refractivity contribution in [3.8, 4) is 0 Å². The maximum absolute atomic E-state index is 11.7. The molecule has 14 heavy (non-hydrogen) atoms. The van der Waals surface area contributed by atoms with E-state index in [-0.39, 0.29) is 24.5 Å². The van der Waals surface area contributed by atoms with E-state index >= 15 is 0 Å². The predicted molar refractivity (Wildman–Crippen MR) is 54.7 cm³/mol. The van der Waals surface area contributed by atoms with Crippen molar-refractivity contribution >= 4 is 5.91 Å². The molecule has 0 aromatic heterocycles. The fourth-order valence-electron chi connectivity index (χ4n) is 1.85. The first-order valence-corrected chi connectivity index (χ1v) is 5.34. The molecule has 0 spiro atoms. The van der Waals surface area contributed by atoms with Crippen molar-refractivity contribution in [1.29, 1.82) is 0 Å². The van der Waals surface area contributed by atoms with E-state index in [9.17, 15) is 4.79 Å². The van der Waals surface area contributed by atoms with Crippen molar-refractivity contribution in [2.75, 3.05) is 19.7 Å². The molecule has 0 bridgehead atoms. The topological polar surface area (TPSA) is 66.6 Å². The van der Waals surface area contributed by atoms with Crippen LogP contribution >= 0.6 is 0 Å². The van der Waals surface area contributed by atoms with Gasteiger partial charge in [-0.25, -0.2) is 0 Å². The zero-order valence-electron chi connectivity index (χ0n) is 8.78. The van der Waals surface area contributed by atoms with Crippen LogP contribution in [-0.4, -0.2) is 41.7 Å². The van der Waals surface area contributed by atoms with Crippen LogP contribution in [0.3, 0.4) is 0 Å². The Labute approximate surface area is 85.1 Å². The van der Waals surface area contributed by atoms with Gasteiger partial charge in [0.15, 0.2) is 0 Å². The molecule has 3 N–H and O–H groups in total. The van der Waals surface area contributed by atoms with Gasteiger partial charge < -0.3 is 15.7 Å². The molecule has 82 valence electrons. The van der Waals surface area contributed by atoms with Gasteiger partial charge in [0.2, 0.25) is 5.91 Å². The van der Waals surface area contributed by atoms with Crippen molar-refractivity contribution in [3.05, 3.63) is 0 Å². The van der Waals surface area contributed by atoms with Crippen LogP contribution in [0.1, 0.15) is 26.2 Å². The molecule has 1 unspecified atom stereocenters. The first kappa shape index (κ1) is 11.5. The monoisotopic (exact) mass is 200 g/mol. The number of nitrogens with zero attached hydrogens (tertiary/aromatic N) is 1. The summed E-state index contributed by atoms with van der Waals surface area (Å²) in [5, 5.41) is 8.94. The second-order valence-corrected chi connectivity index (χ2v) is 4.02. The molecule has 4 heteroatoms. The number of amides is 1. The number of carbonyl (C=O) groups is 1. The third-order valence-electron chi connectivity index (χ3n) is 2.77.